The smallest absolute Gasteiger partial charge is 0.268 e. The van der Waals surface area contributed by atoms with Gasteiger partial charge in [0, 0.05) is 17.1 Å². The first-order valence-corrected chi connectivity index (χ1v) is 7.53. The Labute approximate surface area is 117 Å². The van der Waals surface area contributed by atoms with E-state index in [4.69, 9.17) is 0 Å². The van der Waals surface area contributed by atoms with Crippen LogP contribution in [0.25, 0.3) is 0 Å². The summed E-state index contributed by atoms with van der Waals surface area (Å²) in [6, 6.07) is 12.2. The molecule has 1 aliphatic rings. The molecule has 1 amide bonds. The predicted octanol–water partition coefficient (Wildman–Crippen LogP) is 4.04. The topological polar surface area (TPSA) is 20.3 Å². The number of para-hydroxylation sites is 1. The van der Waals surface area contributed by atoms with Gasteiger partial charge >= 0.3 is 0 Å². The molecule has 0 bridgehead atoms. The highest BCUT2D eigenvalue weighted by Gasteiger charge is 2.22. The Bertz CT molecular complexity index is 602. The maximum Gasteiger partial charge on any atom is 0.268 e. The first kappa shape index (κ1) is 12.4. The third kappa shape index (κ3) is 2.43. The van der Waals surface area contributed by atoms with Gasteiger partial charge in [-0.15, -0.1) is 11.3 Å². The van der Waals surface area contributed by atoms with E-state index in [0.717, 1.165) is 36.4 Å². The van der Waals surface area contributed by atoms with Gasteiger partial charge in [0.25, 0.3) is 5.91 Å². The number of carbonyl (C=O) groups excluding carboxylic acids is 1. The standard InChI is InChI=1S/C16H17NOS/c1-12-9-10-15(19-12)16(18)17-11-5-4-7-13-6-2-3-8-14(13)17/h2-3,6,8-10H,4-5,7,11H2,1H3. The molecular weight excluding hydrogens is 254 g/mol. The minimum Gasteiger partial charge on any atom is -0.307 e. The van der Waals surface area contributed by atoms with Crippen molar-refractivity contribution in [2.24, 2.45) is 0 Å². The molecule has 3 rings (SSSR count). The number of nitrogens with zero attached hydrogens (tertiary/aromatic N) is 1. The lowest BCUT2D eigenvalue weighted by atomic mass is 10.1. The molecule has 0 radical (unpaired) electrons. The normalized spacial score (nSPS) is 14.9. The van der Waals surface area contributed by atoms with E-state index in [1.165, 1.54) is 10.4 Å². The summed E-state index contributed by atoms with van der Waals surface area (Å²) in [7, 11) is 0. The quantitative estimate of drug-likeness (QED) is 0.766. The van der Waals surface area contributed by atoms with Crippen molar-refractivity contribution < 1.29 is 4.79 Å². The van der Waals surface area contributed by atoms with Gasteiger partial charge in [0.15, 0.2) is 0 Å². The summed E-state index contributed by atoms with van der Waals surface area (Å²) in [5, 5.41) is 0. The molecule has 2 aromatic rings. The van der Waals surface area contributed by atoms with E-state index in [0.29, 0.717) is 0 Å². The second kappa shape index (κ2) is 5.17. The van der Waals surface area contributed by atoms with E-state index in [9.17, 15) is 4.79 Å². The van der Waals surface area contributed by atoms with Gasteiger partial charge in [-0.1, -0.05) is 18.2 Å². The highest BCUT2D eigenvalue weighted by Crippen LogP contribution is 2.28. The van der Waals surface area contributed by atoms with E-state index in [2.05, 4.69) is 18.2 Å². The number of fused-ring (bicyclic) bond motifs is 1. The zero-order chi connectivity index (χ0) is 13.2. The summed E-state index contributed by atoms with van der Waals surface area (Å²) >= 11 is 1.58. The van der Waals surface area contributed by atoms with Gasteiger partial charge in [-0.05, 0) is 49.9 Å². The molecule has 0 unspecified atom stereocenters. The molecule has 0 saturated carbocycles. The molecule has 0 atom stereocenters. The fourth-order valence-corrected chi connectivity index (χ4v) is 3.40. The van der Waals surface area contributed by atoms with E-state index in [1.54, 1.807) is 11.3 Å². The van der Waals surface area contributed by atoms with Crippen molar-refractivity contribution in [3.63, 3.8) is 0 Å². The molecule has 0 spiro atoms. The lowest BCUT2D eigenvalue weighted by Gasteiger charge is -2.22. The Hall–Kier alpha value is -1.61. The molecule has 1 aromatic carbocycles. The molecule has 0 aliphatic carbocycles. The number of thiophene rings is 1. The lowest BCUT2D eigenvalue weighted by molar-refractivity contribution is 0.0991. The Kier molecular flexibility index (Phi) is 3.38. The van der Waals surface area contributed by atoms with Crippen LogP contribution >= 0.6 is 11.3 Å². The Morgan fingerprint density at radius 2 is 2.00 bits per heavy atom. The van der Waals surface area contributed by atoms with Crippen molar-refractivity contribution >= 4 is 22.9 Å². The molecular formula is C16H17NOS. The molecule has 19 heavy (non-hydrogen) atoms. The molecule has 98 valence electrons. The van der Waals surface area contributed by atoms with Crippen LogP contribution in [0, 0.1) is 6.92 Å². The number of hydrogen-bond acceptors (Lipinski definition) is 2. The van der Waals surface area contributed by atoms with Crippen LogP contribution in [0.1, 0.15) is 33.0 Å². The van der Waals surface area contributed by atoms with Crippen molar-refractivity contribution in [1.82, 2.24) is 0 Å². The molecule has 2 nitrogen and oxygen atoms in total. The summed E-state index contributed by atoms with van der Waals surface area (Å²) in [5.41, 5.74) is 2.39. The zero-order valence-corrected chi connectivity index (χ0v) is 11.9. The number of hydrogen-bond donors (Lipinski definition) is 0. The van der Waals surface area contributed by atoms with Gasteiger partial charge in [-0.25, -0.2) is 0 Å². The Morgan fingerprint density at radius 1 is 1.16 bits per heavy atom. The molecule has 3 heteroatoms. The molecule has 0 saturated heterocycles. The van der Waals surface area contributed by atoms with Crippen molar-refractivity contribution in [2.45, 2.75) is 26.2 Å². The van der Waals surface area contributed by atoms with Crippen LogP contribution in [-0.4, -0.2) is 12.5 Å². The summed E-state index contributed by atoms with van der Waals surface area (Å²) in [5.74, 6) is 0.146. The molecule has 2 heterocycles. The maximum atomic E-state index is 12.7. The van der Waals surface area contributed by atoms with Crippen LogP contribution in [0.4, 0.5) is 5.69 Å². The Balaban J connectivity index is 1.98. The number of benzene rings is 1. The predicted molar refractivity (Wildman–Crippen MR) is 80.1 cm³/mol. The van der Waals surface area contributed by atoms with Crippen LogP contribution in [0.3, 0.4) is 0 Å². The third-order valence-corrected chi connectivity index (χ3v) is 4.55. The van der Waals surface area contributed by atoms with E-state index in [1.807, 2.05) is 30.0 Å². The van der Waals surface area contributed by atoms with Crippen molar-refractivity contribution in [2.75, 3.05) is 11.4 Å². The van der Waals surface area contributed by atoms with E-state index >= 15 is 0 Å². The van der Waals surface area contributed by atoms with Crippen LogP contribution in [-0.2, 0) is 6.42 Å². The van der Waals surface area contributed by atoms with E-state index < -0.39 is 0 Å². The minimum absolute atomic E-state index is 0.146. The Morgan fingerprint density at radius 3 is 2.79 bits per heavy atom. The molecule has 1 aliphatic heterocycles. The second-order valence-corrected chi connectivity index (χ2v) is 6.24. The number of carbonyl (C=O) groups is 1. The highest BCUT2D eigenvalue weighted by molar-refractivity contribution is 7.14. The lowest BCUT2D eigenvalue weighted by Crippen LogP contribution is -2.31. The van der Waals surface area contributed by atoms with Gasteiger partial charge < -0.3 is 4.90 Å². The number of aryl methyl sites for hydroxylation is 2. The third-order valence-electron chi connectivity index (χ3n) is 3.56. The minimum atomic E-state index is 0.146. The largest absolute Gasteiger partial charge is 0.307 e. The number of anilines is 1. The monoisotopic (exact) mass is 271 g/mol. The van der Waals surface area contributed by atoms with Crippen LogP contribution < -0.4 is 4.90 Å². The summed E-state index contributed by atoms with van der Waals surface area (Å²) in [4.78, 5) is 16.6. The van der Waals surface area contributed by atoms with Gasteiger partial charge in [-0.3, -0.25) is 4.79 Å². The fraction of sp³-hybridized carbons (Fsp3) is 0.312. The average Bonchev–Trinajstić information content (AvgIpc) is 2.74. The summed E-state index contributed by atoms with van der Waals surface area (Å²) in [6.07, 6.45) is 3.30. The number of amides is 1. The van der Waals surface area contributed by atoms with Gasteiger partial charge in [0.1, 0.15) is 0 Å². The highest BCUT2D eigenvalue weighted by atomic mass is 32.1. The first-order chi connectivity index (χ1) is 9.25. The zero-order valence-electron chi connectivity index (χ0n) is 11.1. The maximum absolute atomic E-state index is 12.7. The molecule has 0 N–H and O–H groups in total. The number of rotatable bonds is 1. The first-order valence-electron chi connectivity index (χ1n) is 6.72. The summed E-state index contributed by atoms with van der Waals surface area (Å²) < 4.78 is 0. The molecule has 1 aromatic heterocycles. The van der Waals surface area contributed by atoms with Crippen molar-refractivity contribution in [3.05, 3.63) is 51.7 Å². The SMILES string of the molecule is Cc1ccc(C(=O)N2CCCCc3ccccc32)s1. The van der Waals surface area contributed by atoms with E-state index in [-0.39, 0.29) is 5.91 Å². The van der Waals surface area contributed by atoms with Crippen LogP contribution in [0.5, 0.6) is 0 Å². The van der Waals surface area contributed by atoms with Crippen molar-refractivity contribution in [3.8, 4) is 0 Å². The fourth-order valence-electron chi connectivity index (χ4n) is 2.58. The van der Waals surface area contributed by atoms with Gasteiger partial charge in [0.2, 0.25) is 0 Å². The van der Waals surface area contributed by atoms with Crippen LogP contribution in [0.15, 0.2) is 36.4 Å². The second-order valence-electron chi connectivity index (χ2n) is 4.95. The van der Waals surface area contributed by atoms with Crippen molar-refractivity contribution in [1.29, 1.82) is 0 Å². The summed E-state index contributed by atoms with van der Waals surface area (Å²) in [6.45, 7) is 2.87. The average molecular weight is 271 g/mol. The van der Waals surface area contributed by atoms with Crippen LogP contribution in [0.2, 0.25) is 0 Å². The van der Waals surface area contributed by atoms with Gasteiger partial charge in [0.05, 0.1) is 4.88 Å². The van der Waals surface area contributed by atoms with Gasteiger partial charge in [-0.2, -0.15) is 0 Å². The molecule has 0 fully saturated rings.